The summed E-state index contributed by atoms with van der Waals surface area (Å²) in [6.07, 6.45) is 11.5. The molecule has 2 aromatic rings. The van der Waals surface area contributed by atoms with Gasteiger partial charge in [-0.15, -0.1) is 0 Å². The molecule has 1 aromatic carbocycles. The fourth-order valence-electron chi connectivity index (χ4n) is 6.06. The molecule has 6 rings (SSSR count). The average Bonchev–Trinajstić information content (AvgIpc) is 3.51. The standard InChI is InChI=1S/C19H24N4O2.C8H13N.C2H6/c1-14-17(21-22-18(14)19(20)24)8-5-10-23-11-9-16(12-23)25-13-15-6-3-2-4-7-15;1-3-8-4-6-9(8)5-2-7(1)8;1-2/h2-8,16H,9-13H2,1H3,(H2,20,24)(H,21,22);7H,1-6H2;1-2H3/b8-5-;;. The lowest BCUT2D eigenvalue weighted by Crippen LogP contribution is -2.63. The van der Waals surface area contributed by atoms with E-state index in [4.69, 9.17) is 10.5 Å². The van der Waals surface area contributed by atoms with Crippen LogP contribution in [0.2, 0.25) is 0 Å². The lowest BCUT2D eigenvalue weighted by atomic mass is 9.62. The smallest absolute Gasteiger partial charge is 0.269 e. The molecule has 1 amide bonds. The van der Waals surface area contributed by atoms with Crippen LogP contribution in [0.5, 0.6) is 0 Å². The summed E-state index contributed by atoms with van der Waals surface area (Å²) in [4.78, 5) is 16.3. The second-order valence-electron chi connectivity index (χ2n) is 10.2. The Morgan fingerprint density at radius 2 is 1.97 bits per heavy atom. The van der Waals surface area contributed by atoms with Crippen LogP contribution in [0, 0.1) is 12.8 Å². The van der Waals surface area contributed by atoms with E-state index in [0.717, 1.165) is 48.8 Å². The van der Waals surface area contributed by atoms with E-state index in [1.807, 2.05) is 45.0 Å². The Morgan fingerprint density at radius 1 is 1.17 bits per heavy atom. The largest absolute Gasteiger partial charge is 0.372 e. The maximum atomic E-state index is 11.2. The number of H-pyrrole nitrogens is 1. The Bertz CT molecular complexity index is 1000. The van der Waals surface area contributed by atoms with Crippen LogP contribution < -0.4 is 5.73 Å². The highest BCUT2D eigenvalue weighted by molar-refractivity contribution is 5.92. The molecule has 4 aliphatic rings. The third-order valence-corrected chi connectivity index (χ3v) is 8.36. The topological polar surface area (TPSA) is 87.5 Å². The molecule has 3 unspecified atom stereocenters. The zero-order chi connectivity index (χ0) is 25.5. The molecular weight excluding hydrogens is 450 g/mol. The van der Waals surface area contributed by atoms with Crippen LogP contribution in [0.4, 0.5) is 0 Å². The molecule has 3 N–H and O–H groups in total. The Labute approximate surface area is 216 Å². The molecule has 0 bridgehead atoms. The van der Waals surface area contributed by atoms with E-state index in [9.17, 15) is 4.79 Å². The summed E-state index contributed by atoms with van der Waals surface area (Å²) in [6.45, 7) is 12.1. The highest BCUT2D eigenvalue weighted by Crippen LogP contribution is 2.57. The lowest BCUT2D eigenvalue weighted by molar-refractivity contribution is -0.0659. The van der Waals surface area contributed by atoms with E-state index in [1.54, 1.807) is 0 Å². The van der Waals surface area contributed by atoms with Gasteiger partial charge in [-0.25, -0.2) is 0 Å². The highest BCUT2D eigenvalue weighted by atomic mass is 16.5. The molecule has 7 heteroatoms. The van der Waals surface area contributed by atoms with E-state index >= 15 is 0 Å². The van der Waals surface area contributed by atoms with Crippen LogP contribution >= 0.6 is 0 Å². The zero-order valence-corrected chi connectivity index (χ0v) is 22.2. The van der Waals surface area contributed by atoms with Gasteiger partial charge in [0.25, 0.3) is 5.91 Å². The fourth-order valence-corrected chi connectivity index (χ4v) is 6.06. The quantitative estimate of drug-likeness (QED) is 0.597. The SMILES string of the molecule is C1CN2CCC23CCC13.CC.Cc1c(C(N)=O)n[nH]c1/C=C\CN1CCC(OCc2ccccc2)C1. The fraction of sp³-hybridized carbons (Fsp3) is 0.586. The van der Waals surface area contributed by atoms with E-state index in [2.05, 4.69) is 38.2 Å². The van der Waals surface area contributed by atoms with Crippen molar-refractivity contribution in [3.05, 3.63) is 58.9 Å². The van der Waals surface area contributed by atoms with Crippen LogP contribution in [0.25, 0.3) is 6.08 Å². The van der Waals surface area contributed by atoms with Crippen molar-refractivity contribution in [2.75, 3.05) is 32.7 Å². The Morgan fingerprint density at radius 3 is 2.56 bits per heavy atom. The Kier molecular flexibility index (Phi) is 8.99. The number of carbonyl (C=O) groups is 1. The summed E-state index contributed by atoms with van der Waals surface area (Å²) in [5.74, 6) is 0.623. The average molecular weight is 494 g/mol. The summed E-state index contributed by atoms with van der Waals surface area (Å²) >= 11 is 0. The second-order valence-corrected chi connectivity index (χ2v) is 10.2. The number of carbonyl (C=O) groups excluding carboxylic acids is 1. The summed E-state index contributed by atoms with van der Waals surface area (Å²) in [7, 11) is 0. The summed E-state index contributed by atoms with van der Waals surface area (Å²) in [6, 6.07) is 10.3. The van der Waals surface area contributed by atoms with Crippen molar-refractivity contribution in [1.82, 2.24) is 20.0 Å². The number of primary amides is 1. The summed E-state index contributed by atoms with van der Waals surface area (Å²) in [5, 5.41) is 6.79. The van der Waals surface area contributed by atoms with Gasteiger partial charge in [0.1, 0.15) is 0 Å². The molecule has 7 nitrogen and oxygen atoms in total. The minimum absolute atomic E-state index is 0.281. The van der Waals surface area contributed by atoms with Gasteiger partial charge < -0.3 is 10.5 Å². The molecule has 4 heterocycles. The lowest BCUT2D eigenvalue weighted by Gasteiger charge is -2.58. The molecule has 3 atom stereocenters. The molecule has 1 spiro atoms. The zero-order valence-electron chi connectivity index (χ0n) is 22.2. The third-order valence-electron chi connectivity index (χ3n) is 8.36. The number of aromatic nitrogens is 2. The first kappa shape index (κ1) is 26.6. The molecule has 4 fully saturated rings. The number of nitrogens with zero attached hydrogens (tertiary/aromatic N) is 3. The van der Waals surface area contributed by atoms with Gasteiger partial charge >= 0.3 is 0 Å². The number of likely N-dealkylation sites (tertiary alicyclic amines) is 1. The van der Waals surface area contributed by atoms with Crippen molar-refractivity contribution in [3.8, 4) is 0 Å². The van der Waals surface area contributed by atoms with Crippen molar-refractivity contribution in [3.63, 3.8) is 0 Å². The van der Waals surface area contributed by atoms with Gasteiger partial charge in [0.15, 0.2) is 5.69 Å². The maximum absolute atomic E-state index is 11.2. The molecule has 1 aromatic heterocycles. The minimum Gasteiger partial charge on any atom is -0.372 e. The van der Waals surface area contributed by atoms with Crippen molar-refractivity contribution < 1.29 is 9.53 Å². The predicted molar refractivity (Wildman–Crippen MR) is 145 cm³/mol. The van der Waals surface area contributed by atoms with Crippen molar-refractivity contribution in [2.24, 2.45) is 11.7 Å². The first-order valence-electron chi connectivity index (χ1n) is 13.7. The van der Waals surface area contributed by atoms with Gasteiger partial charge in [-0.05, 0) is 63.1 Å². The first-order chi connectivity index (χ1) is 17.5. The number of hydrogen-bond donors (Lipinski definition) is 2. The molecular formula is C29H43N5O2. The van der Waals surface area contributed by atoms with Crippen molar-refractivity contribution in [1.29, 1.82) is 0 Å². The summed E-state index contributed by atoms with van der Waals surface area (Å²) in [5.41, 5.74) is 9.20. The highest BCUT2D eigenvalue weighted by Gasteiger charge is 2.59. The van der Waals surface area contributed by atoms with Gasteiger partial charge in [0.05, 0.1) is 18.4 Å². The number of hydrogen-bond acceptors (Lipinski definition) is 5. The van der Waals surface area contributed by atoms with Crippen molar-refractivity contribution in [2.45, 2.75) is 71.1 Å². The maximum Gasteiger partial charge on any atom is 0.269 e. The molecule has 36 heavy (non-hydrogen) atoms. The monoisotopic (exact) mass is 493 g/mol. The summed E-state index contributed by atoms with van der Waals surface area (Å²) < 4.78 is 6.00. The molecule has 1 aliphatic carbocycles. The number of amides is 1. The van der Waals surface area contributed by atoms with Gasteiger partial charge in [0.2, 0.25) is 0 Å². The Hall–Kier alpha value is -2.48. The molecule has 0 radical (unpaired) electrons. The van der Waals surface area contributed by atoms with Gasteiger partial charge in [-0.1, -0.05) is 50.3 Å². The number of rotatable bonds is 7. The Balaban J connectivity index is 0.000000226. The number of nitrogens with two attached hydrogens (primary N) is 1. The predicted octanol–water partition coefficient (Wildman–Crippen LogP) is 4.39. The number of nitrogens with one attached hydrogen (secondary N) is 1. The normalized spacial score (nSPS) is 26.6. The first-order valence-corrected chi connectivity index (χ1v) is 13.7. The third kappa shape index (κ3) is 5.74. The van der Waals surface area contributed by atoms with Crippen LogP contribution in [0.3, 0.4) is 0 Å². The number of benzene rings is 1. The van der Waals surface area contributed by atoms with Gasteiger partial charge in [-0.2, -0.15) is 5.10 Å². The van der Waals surface area contributed by atoms with E-state index in [-0.39, 0.29) is 6.10 Å². The molecule has 1 saturated carbocycles. The van der Waals surface area contributed by atoms with Crippen LogP contribution in [-0.4, -0.2) is 70.3 Å². The van der Waals surface area contributed by atoms with E-state index in [1.165, 1.54) is 44.3 Å². The molecule has 3 aliphatic heterocycles. The van der Waals surface area contributed by atoms with Crippen LogP contribution in [0.15, 0.2) is 36.4 Å². The molecule has 196 valence electrons. The van der Waals surface area contributed by atoms with E-state index in [0.29, 0.717) is 12.3 Å². The van der Waals surface area contributed by atoms with Crippen LogP contribution in [0.1, 0.15) is 73.3 Å². The minimum atomic E-state index is -0.508. The number of aromatic amines is 1. The molecule has 3 saturated heterocycles. The second kappa shape index (κ2) is 12.2. The van der Waals surface area contributed by atoms with Crippen LogP contribution in [-0.2, 0) is 11.3 Å². The van der Waals surface area contributed by atoms with Crippen molar-refractivity contribution >= 4 is 12.0 Å². The van der Waals surface area contributed by atoms with Gasteiger partial charge in [0, 0.05) is 37.3 Å². The number of ether oxygens (including phenoxy) is 1. The van der Waals surface area contributed by atoms with E-state index < -0.39 is 5.91 Å². The van der Waals surface area contributed by atoms with Gasteiger partial charge in [-0.3, -0.25) is 19.7 Å².